The number of carboxylic acid groups (broad SMARTS) is 1. The van der Waals surface area contributed by atoms with Crippen molar-refractivity contribution in [3.05, 3.63) is 64.8 Å². The second-order valence-corrected chi connectivity index (χ2v) is 6.59. The van der Waals surface area contributed by atoms with Gasteiger partial charge in [0, 0.05) is 19.2 Å². The maximum Gasteiger partial charge on any atom is 0.407 e. The third kappa shape index (κ3) is 3.59. The number of aryl methyl sites for hydroxylation is 3. The molecular formula is C20H22N4O2. The van der Waals surface area contributed by atoms with E-state index in [1.165, 1.54) is 10.5 Å². The Morgan fingerprint density at radius 1 is 1.12 bits per heavy atom. The van der Waals surface area contributed by atoms with Crippen molar-refractivity contribution in [2.24, 2.45) is 0 Å². The number of hydrogen-bond donors (Lipinski definition) is 1. The predicted octanol–water partition coefficient (Wildman–Crippen LogP) is 3.97. The third-order valence-electron chi connectivity index (χ3n) is 4.45. The fourth-order valence-corrected chi connectivity index (χ4v) is 2.89. The Kier molecular flexibility index (Phi) is 4.75. The van der Waals surface area contributed by atoms with E-state index in [0.29, 0.717) is 6.54 Å². The molecule has 0 atom stereocenters. The van der Waals surface area contributed by atoms with E-state index in [2.05, 4.69) is 42.2 Å². The van der Waals surface area contributed by atoms with Crippen LogP contribution in [0.1, 0.15) is 22.3 Å². The van der Waals surface area contributed by atoms with E-state index in [1.54, 1.807) is 18.0 Å². The Bertz CT molecular complexity index is 962. The number of aromatic nitrogens is 3. The summed E-state index contributed by atoms with van der Waals surface area (Å²) in [6.07, 6.45) is 0.796. The van der Waals surface area contributed by atoms with Gasteiger partial charge in [0.05, 0.1) is 11.9 Å². The first-order valence-electron chi connectivity index (χ1n) is 8.39. The molecule has 0 saturated heterocycles. The van der Waals surface area contributed by atoms with Gasteiger partial charge in [0.15, 0.2) is 0 Å². The molecular weight excluding hydrogens is 328 g/mol. The summed E-state index contributed by atoms with van der Waals surface area (Å²) in [7, 11) is 1.55. The molecule has 1 N–H and O–H groups in total. The molecule has 0 spiro atoms. The normalized spacial score (nSPS) is 10.8. The van der Waals surface area contributed by atoms with Crippen LogP contribution in [0.25, 0.3) is 16.9 Å². The molecule has 0 fully saturated rings. The summed E-state index contributed by atoms with van der Waals surface area (Å²) in [4.78, 5) is 13.9. The van der Waals surface area contributed by atoms with Crippen molar-refractivity contribution in [1.29, 1.82) is 0 Å². The maximum atomic E-state index is 11.1. The summed E-state index contributed by atoms with van der Waals surface area (Å²) >= 11 is 0. The Labute approximate surface area is 152 Å². The monoisotopic (exact) mass is 350 g/mol. The van der Waals surface area contributed by atoms with E-state index in [1.807, 2.05) is 25.1 Å². The molecule has 6 heteroatoms. The lowest BCUT2D eigenvalue weighted by Crippen LogP contribution is -2.24. The lowest BCUT2D eigenvalue weighted by molar-refractivity contribution is 0.153. The maximum absolute atomic E-state index is 11.1. The van der Waals surface area contributed by atoms with E-state index >= 15 is 0 Å². The van der Waals surface area contributed by atoms with Crippen LogP contribution in [0.5, 0.6) is 0 Å². The highest BCUT2D eigenvalue weighted by molar-refractivity contribution is 5.65. The smallest absolute Gasteiger partial charge is 0.407 e. The third-order valence-corrected chi connectivity index (χ3v) is 4.45. The zero-order valence-corrected chi connectivity index (χ0v) is 15.4. The molecule has 0 radical (unpaired) electrons. The van der Waals surface area contributed by atoms with Crippen LogP contribution < -0.4 is 0 Å². The zero-order valence-electron chi connectivity index (χ0n) is 15.4. The summed E-state index contributed by atoms with van der Waals surface area (Å²) in [5.41, 5.74) is 7.00. The van der Waals surface area contributed by atoms with Crippen LogP contribution in [0, 0.1) is 20.8 Å². The largest absolute Gasteiger partial charge is 0.465 e. The first kappa shape index (κ1) is 17.7. The van der Waals surface area contributed by atoms with E-state index in [9.17, 15) is 4.79 Å². The van der Waals surface area contributed by atoms with Gasteiger partial charge in [-0.3, -0.25) is 0 Å². The van der Waals surface area contributed by atoms with Crippen LogP contribution in [0.2, 0.25) is 0 Å². The summed E-state index contributed by atoms with van der Waals surface area (Å²) in [5, 5.41) is 18.1. The van der Waals surface area contributed by atoms with Crippen LogP contribution in [-0.2, 0) is 6.54 Å². The van der Waals surface area contributed by atoms with Gasteiger partial charge in [-0.05, 0) is 49.6 Å². The Morgan fingerprint density at radius 3 is 2.58 bits per heavy atom. The predicted molar refractivity (Wildman–Crippen MR) is 100 cm³/mol. The molecule has 0 bridgehead atoms. The molecule has 0 aliphatic rings. The van der Waals surface area contributed by atoms with Crippen molar-refractivity contribution in [3.8, 4) is 16.9 Å². The van der Waals surface area contributed by atoms with E-state index < -0.39 is 6.09 Å². The second-order valence-electron chi connectivity index (χ2n) is 6.59. The second kappa shape index (κ2) is 7.00. The van der Waals surface area contributed by atoms with Gasteiger partial charge in [-0.15, -0.1) is 5.10 Å². The molecule has 2 aromatic carbocycles. The topological polar surface area (TPSA) is 71.2 Å². The molecule has 3 rings (SSSR count). The number of carbonyl (C=O) groups is 1. The minimum Gasteiger partial charge on any atom is -0.465 e. The van der Waals surface area contributed by atoms with Crippen LogP contribution in [0.15, 0.2) is 42.6 Å². The molecule has 134 valence electrons. The summed E-state index contributed by atoms with van der Waals surface area (Å²) < 4.78 is 0. The van der Waals surface area contributed by atoms with E-state index in [0.717, 1.165) is 33.6 Å². The van der Waals surface area contributed by atoms with Crippen molar-refractivity contribution in [2.75, 3.05) is 7.05 Å². The number of rotatable bonds is 4. The van der Waals surface area contributed by atoms with E-state index in [4.69, 9.17) is 5.11 Å². The quantitative estimate of drug-likeness (QED) is 0.773. The molecule has 0 aliphatic carbocycles. The van der Waals surface area contributed by atoms with Crippen molar-refractivity contribution < 1.29 is 9.90 Å². The van der Waals surface area contributed by atoms with Gasteiger partial charge in [0.2, 0.25) is 0 Å². The molecule has 0 saturated carbocycles. The lowest BCUT2D eigenvalue weighted by atomic mass is 10.0. The lowest BCUT2D eigenvalue weighted by Gasteiger charge is -2.15. The highest BCUT2D eigenvalue weighted by Gasteiger charge is 2.12. The molecule has 1 amide bonds. The van der Waals surface area contributed by atoms with Crippen LogP contribution in [0.3, 0.4) is 0 Å². The molecule has 6 nitrogen and oxygen atoms in total. The Morgan fingerprint density at radius 2 is 1.88 bits per heavy atom. The average Bonchev–Trinajstić information content (AvgIpc) is 3.06. The minimum absolute atomic E-state index is 0.320. The number of hydrogen-bond acceptors (Lipinski definition) is 3. The average molecular weight is 350 g/mol. The van der Waals surface area contributed by atoms with Crippen molar-refractivity contribution in [2.45, 2.75) is 27.3 Å². The zero-order chi connectivity index (χ0) is 18.8. The highest BCUT2D eigenvalue weighted by Crippen LogP contribution is 2.23. The van der Waals surface area contributed by atoms with Gasteiger partial charge >= 0.3 is 6.09 Å². The van der Waals surface area contributed by atoms with Gasteiger partial charge in [0.25, 0.3) is 0 Å². The summed E-state index contributed by atoms with van der Waals surface area (Å²) in [5.74, 6) is 0. The molecule has 1 aromatic heterocycles. The van der Waals surface area contributed by atoms with Crippen molar-refractivity contribution in [3.63, 3.8) is 0 Å². The molecule has 3 aromatic rings. The summed E-state index contributed by atoms with van der Waals surface area (Å²) in [6, 6.07) is 12.1. The fraction of sp³-hybridized carbons (Fsp3) is 0.250. The number of benzene rings is 2. The number of nitrogens with zero attached hydrogens (tertiary/aromatic N) is 4. The molecule has 0 unspecified atom stereocenters. The molecule has 26 heavy (non-hydrogen) atoms. The van der Waals surface area contributed by atoms with Crippen LogP contribution in [-0.4, -0.2) is 38.1 Å². The molecule has 1 heterocycles. The van der Waals surface area contributed by atoms with Crippen LogP contribution >= 0.6 is 0 Å². The van der Waals surface area contributed by atoms with Gasteiger partial charge in [-0.1, -0.05) is 29.8 Å². The SMILES string of the molecule is Cc1ccc(-c2cnn(-c3ccc(C)c(CN(C)C(=O)O)c3)n2)c(C)c1. The van der Waals surface area contributed by atoms with Gasteiger partial charge < -0.3 is 10.0 Å². The van der Waals surface area contributed by atoms with Crippen molar-refractivity contribution in [1.82, 2.24) is 19.9 Å². The standard InChI is InChI=1S/C20H22N4O2/c1-13-5-8-18(15(3)9-13)19-11-21-24(22-19)17-7-6-14(2)16(10-17)12-23(4)20(25)26/h5-11H,12H2,1-4H3,(H,25,26). The minimum atomic E-state index is -0.954. The van der Waals surface area contributed by atoms with Crippen LogP contribution in [0.4, 0.5) is 4.79 Å². The van der Waals surface area contributed by atoms with Gasteiger partial charge in [0.1, 0.15) is 5.69 Å². The van der Waals surface area contributed by atoms with E-state index in [-0.39, 0.29) is 0 Å². The van der Waals surface area contributed by atoms with Gasteiger partial charge in [-0.25, -0.2) is 4.79 Å². The highest BCUT2D eigenvalue weighted by atomic mass is 16.4. The first-order valence-corrected chi connectivity index (χ1v) is 8.39. The molecule has 0 aliphatic heterocycles. The Balaban J connectivity index is 1.93. The summed E-state index contributed by atoms with van der Waals surface area (Å²) in [6.45, 7) is 6.41. The van der Waals surface area contributed by atoms with Gasteiger partial charge in [-0.2, -0.15) is 9.90 Å². The first-order chi connectivity index (χ1) is 12.3. The Hall–Kier alpha value is -3.15. The number of amides is 1. The fourth-order valence-electron chi connectivity index (χ4n) is 2.89. The van der Waals surface area contributed by atoms with Crippen molar-refractivity contribution >= 4 is 6.09 Å².